The molecule has 0 bridgehead atoms. The van der Waals surface area contributed by atoms with Crippen LogP contribution in [0.25, 0.3) is 0 Å². The van der Waals surface area contributed by atoms with Gasteiger partial charge >= 0.3 is 0 Å². The second kappa shape index (κ2) is 11.6. The van der Waals surface area contributed by atoms with E-state index in [1.54, 1.807) is 0 Å². The quantitative estimate of drug-likeness (QED) is 0.754. The van der Waals surface area contributed by atoms with Crippen LogP contribution in [0.1, 0.15) is 23.6 Å². The molecular formula is C16H27Cl2N3O2. The fraction of sp³-hybridized carbons (Fsp3) is 0.562. The number of carbonyl (C=O) groups is 1. The molecule has 0 aliphatic carbocycles. The summed E-state index contributed by atoms with van der Waals surface area (Å²) in [4.78, 5) is 14.4. The Balaban J connectivity index is 0.00000242. The minimum atomic E-state index is -0.589. The third kappa shape index (κ3) is 7.50. The number of carbonyl (C=O) groups excluding carboxylic acids is 1. The number of rotatable bonds is 6. The third-order valence-electron chi connectivity index (χ3n) is 3.77. The van der Waals surface area contributed by atoms with Gasteiger partial charge in [0, 0.05) is 19.6 Å². The van der Waals surface area contributed by atoms with E-state index in [9.17, 15) is 4.79 Å². The largest absolute Gasteiger partial charge is 0.379 e. The Labute approximate surface area is 150 Å². The number of nitrogens with two attached hydrogens (primary N) is 1. The lowest BCUT2D eigenvalue weighted by atomic mass is 10.1. The van der Waals surface area contributed by atoms with Crippen LogP contribution in [0.5, 0.6) is 0 Å². The molecule has 1 aliphatic heterocycles. The number of hydrogen-bond acceptors (Lipinski definition) is 4. The number of aryl methyl sites for hydroxylation is 1. The molecule has 0 saturated carbocycles. The monoisotopic (exact) mass is 363 g/mol. The van der Waals surface area contributed by atoms with Gasteiger partial charge in [-0.25, -0.2) is 0 Å². The topological polar surface area (TPSA) is 67.6 Å². The molecule has 3 N–H and O–H groups in total. The van der Waals surface area contributed by atoms with Gasteiger partial charge in [-0.2, -0.15) is 0 Å². The van der Waals surface area contributed by atoms with E-state index in [1.807, 2.05) is 31.2 Å². The van der Waals surface area contributed by atoms with E-state index in [4.69, 9.17) is 10.5 Å². The van der Waals surface area contributed by atoms with E-state index in [1.165, 1.54) is 0 Å². The number of benzene rings is 1. The molecule has 1 heterocycles. The number of halogens is 2. The van der Waals surface area contributed by atoms with E-state index in [0.29, 0.717) is 6.54 Å². The highest BCUT2D eigenvalue weighted by molar-refractivity contribution is 5.85. The van der Waals surface area contributed by atoms with E-state index in [-0.39, 0.29) is 30.7 Å². The van der Waals surface area contributed by atoms with E-state index < -0.39 is 6.04 Å². The average Bonchev–Trinajstić information content (AvgIpc) is 2.52. The van der Waals surface area contributed by atoms with Crippen molar-refractivity contribution in [3.8, 4) is 0 Å². The highest BCUT2D eigenvalue weighted by atomic mass is 35.5. The number of morpholine rings is 1. The van der Waals surface area contributed by atoms with Gasteiger partial charge in [0.1, 0.15) is 6.04 Å². The van der Waals surface area contributed by atoms with Crippen LogP contribution >= 0.6 is 24.8 Å². The summed E-state index contributed by atoms with van der Waals surface area (Å²) in [5.41, 5.74) is 7.99. The first-order valence-electron chi connectivity index (χ1n) is 7.57. The van der Waals surface area contributed by atoms with Crippen molar-refractivity contribution in [3.63, 3.8) is 0 Å². The molecule has 1 fully saturated rings. The predicted octanol–water partition coefficient (Wildman–Crippen LogP) is 1.68. The van der Waals surface area contributed by atoms with Crippen LogP contribution in [-0.4, -0.2) is 50.2 Å². The minimum absolute atomic E-state index is 0. The normalized spacial score (nSPS) is 15.9. The molecular weight excluding hydrogens is 337 g/mol. The van der Waals surface area contributed by atoms with Crippen LogP contribution in [0.3, 0.4) is 0 Å². The highest BCUT2D eigenvalue weighted by Gasteiger charge is 2.15. The zero-order valence-electron chi connectivity index (χ0n) is 13.5. The summed E-state index contributed by atoms with van der Waals surface area (Å²) in [7, 11) is 0. The fourth-order valence-corrected chi connectivity index (χ4v) is 2.37. The molecule has 23 heavy (non-hydrogen) atoms. The summed E-state index contributed by atoms with van der Waals surface area (Å²) in [5, 5.41) is 2.91. The SMILES string of the molecule is Cc1ccc(C(N)C(=O)NCCCN2CCOCC2)cc1.Cl.Cl. The van der Waals surface area contributed by atoms with Crippen LogP contribution in [0, 0.1) is 6.92 Å². The van der Waals surface area contributed by atoms with E-state index in [2.05, 4.69) is 10.2 Å². The van der Waals surface area contributed by atoms with Crippen LogP contribution in [-0.2, 0) is 9.53 Å². The third-order valence-corrected chi connectivity index (χ3v) is 3.77. The second-order valence-corrected chi connectivity index (χ2v) is 5.49. The first kappa shape index (κ1) is 22.1. The molecule has 1 amide bonds. The summed E-state index contributed by atoms with van der Waals surface area (Å²) < 4.78 is 5.31. The van der Waals surface area contributed by atoms with Gasteiger partial charge in [-0.3, -0.25) is 9.69 Å². The summed E-state index contributed by atoms with van der Waals surface area (Å²) in [5.74, 6) is -0.110. The predicted molar refractivity (Wildman–Crippen MR) is 97.5 cm³/mol. The zero-order valence-corrected chi connectivity index (χ0v) is 15.1. The van der Waals surface area contributed by atoms with Crippen molar-refractivity contribution >= 4 is 30.7 Å². The number of ether oxygens (including phenoxy) is 1. The van der Waals surface area contributed by atoms with Crippen LogP contribution < -0.4 is 11.1 Å². The minimum Gasteiger partial charge on any atom is -0.379 e. The number of amides is 1. The highest BCUT2D eigenvalue weighted by Crippen LogP contribution is 2.11. The first-order valence-corrected chi connectivity index (χ1v) is 7.57. The van der Waals surface area contributed by atoms with E-state index in [0.717, 1.165) is 50.4 Å². The maximum atomic E-state index is 12.0. The van der Waals surface area contributed by atoms with Crippen molar-refractivity contribution < 1.29 is 9.53 Å². The molecule has 1 unspecified atom stereocenters. The summed E-state index contributed by atoms with van der Waals surface area (Å²) >= 11 is 0. The molecule has 132 valence electrons. The number of nitrogens with one attached hydrogen (secondary N) is 1. The van der Waals surface area contributed by atoms with Gasteiger partial charge in [0.25, 0.3) is 0 Å². The second-order valence-electron chi connectivity index (χ2n) is 5.49. The molecule has 1 saturated heterocycles. The molecule has 1 aromatic rings. The van der Waals surface area contributed by atoms with Crippen molar-refractivity contribution in [2.75, 3.05) is 39.4 Å². The molecule has 1 atom stereocenters. The van der Waals surface area contributed by atoms with Gasteiger partial charge in [0.2, 0.25) is 5.91 Å². The van der Waals surface area contributed by atoms with Crippen LogP contribution in [0.4, 0.5) is 0 Å². The maximum absolute atomic E-state index is 12.0. The first-order chi connectivity index (χ1) is 10.2. The molecule has 1 aromatic carbocycles. The van der Waals surface area contributed by atoms with Crippen molar-refractivity contribution in [2.45, 2.75) is 19.4 Å². The molecule has 7 heteroatoms. The molecule has 1 aliphatic rings. The Morgan fingerprint density at radius 2 is 1.87 bits per heavy atom. The standard InChI is InChI=1S/C16H25N3O2.2ClH/c1-13-3-5-14(6-4-13)15(17)16(20)18-7-2-8-19-9-11-21-12-10-19;;/h3-6,15H,2,7-12,17H2,1H3,(H,18,20);2*1H. The van der Waals surface area contributed by atoms with Crippen LogP contribution in [0.15, 0.2) is 24.3 Å². The van der Waals surface area contributed by atoms with Gasteiger partial charge in [0.05, 0.1) is 13.2 Å². The van der Waals surface area contributed by atoms with Crippen LogP contribution in [0.2, 0.25) is 0 Å². The molecule has 2 rings (SSSR count). The van der Waals surface area contributed by atoms with E-state index >= 15 is 0 Å². The molecule has 5 nitrogen and oxygen atoms in total. The zero-order chi connectivity index (χ0) is 15.1. The Morgan fingerprint density at radius 1 is 1.26 bits per heavy atom. The Morgan fingerprint density at radius 3 is 2.48 bits per heavy atom. The van der Waals surface area contributed by atoms with Gasteiger partial charge in [-0.05, 0) is 25.5 Å². The summed E-state index contributed by atoms with van der Waals surface area (Å²) in [6, 6.07) is 7.18. The fourth-order valence-electron chi connectivity index (χ4n) is 2.37. The van der Waals surface area contributed by atoms with Gasteiger partial charge in [-0.15, -0.1) is 24.8 Å². The summed E-state index contributed by atoms with van der Waals surface area (Å²) in [6.07, 6.45) is 0.937. The average molecular weight is 364 g/mol. The van der Waals surface area contributed by atoms with Crippen molar-refractivity contribution in [1.82, 2.24) is 10.2 Å². The molecule has 0 aromatic heterocycles. The lowest BCUT2D eigenvalue weighted by molar-refractivity contribution is -0.122. The Kier molecular flexibility index (Phi) is 11.2. The van der Waals surface area contributed by atoms with Crippen molar-refractivity contribution in [1.29, 1.82) is 0 Å². The molecule has 0 radical (unpaired) electrons. The van der Waals surface area contributed by atoms with Crippen molar-refractivity contribution in [2.24, 2.45) is 5.73 Å². The lowest BCUT2D eigenvalue weighted by Crippen LogP contribution is -2.39. The maximum Gasteiger partial charge on any atom is 0.241 e. The van der Waals surface area contributed by atoms with Gasteiger partial charge < -0.3 is 15.8 Å². The number of hydrogen-bond donors (Lipinski definition) is 2. The van der Waals surface area contributed by atoms with Crippen molar-refractivity contribution in [3.05, 3.63) is 35.4 Å². The lowest BCUT2D eigenvalue weighted by Gasteiger charge is -2.26. The Bertz CT molecular complexity index is 451. The van der Waals surface area contributed by atoms with Gasteiger partial charge in [-0.1, -0.05) is 29.8 Å². The number of nitrogens with zero attached hydrogens (tertiary/aromatic N) is 1. The molecule has 0 spiro atoms. The van der Waals surface area contributed by atoms with Gasteiger partial charge in [0.15, 0.2) is 0 Å². The summed E-state index contributed by atoms with van der Waals surface area (Å²) in [6.45, 7) is 7.25. The smallest absolute Gasteiger partial charge is 0.241 e. The Hall–Kier alpha value is -0.850.